The molecule has 0 unspecified atom stereocenters. The number of aromatic nitrogens is 4. The average Bonchev–Trinajstić information content (AvgIpc) is 3.57. The molecule has 8 bridgehead atoms. The van der Waals surface area contributed by atoms with Crippen molar-refractivity contribution in [2.75, 3.05) is 0 Å². The van der Waals surface area contributed by atoms with Crippen molar-refractivity contribution in [1.29, 1.82) is 0 Å². The average molecular weight is 460 g/mol. The number of benzene rings is 1. The molecule has 0 fully saturated rings. The van der Waals surface area contributed by atoms with Crippen LogP contribution in [0.3, 0.4) is 0 Å². The van der Waals surface area contributed by atoms with E-state index in [4.69, 9.17) is 0 Å². The topological polar surface area (TPSA) is 57.4 Å². The van der Waals surface area contributed by atoms with Crippen molar-refractivity contribution in [3.05, 3.63) is 101 Å². The maximum absolute atomic E-state index is 4.63. The van der Waals surface area contributed by atoms with Crippen molar-refractivity contribution in [2.24, 2.45) is 0 Å². The molecule has 5 heterocycles. The van der Waals surface area contributed by atoms with Gasteiger partial charge in [0.25, 0.3) is 0 Å². The van der Waals surface area contributed by atoms with Crippen LogP contribution in [0.5, 0.6) is 0 Å². The number of H-pyrrole nitrogens is 2. The first-order chi connectivity index (χ1) is 15.6. The van der Waals surface area contributed by atoms with E-state index in [1.165, 1.54) is 5.56 Å². The molecule has 6 rings (SSSR count). The predicted molar refractivity (Wildman–Crippen MR) is 130 cm³/mol. The molecule has 32 heavy (non-hydrogen) atoms. The van der Waals surface area contributed by atoms with Crippen molar-refractivity contribution in [2.45, 2.75) is 6.92 Å². The van der Waals surface area contributed by atoms with Gasteiger partial charge in [-0.15, -0.1) is 0 Å². The van der Waals surface area contributed by atoms with Gasteiger partial charge in [-0.1, -0.05) is 0 Å². The molecule has 158 valence electrons. The van der Waals surface area contributed by atoms with Gasteiger partial charge in [0.15, 0.2) is 0 Å². The zero-order valence-electron chi connectivity index (χ0n) is 17.5. The minimum absolute atomic E-state index is 0.939. The van der Waals surface area contributed by atoms with Crippen LogP contribution in [0.1, 0.15) is 28.3 Å². The molecule has 0 spiro atoms. The van der Waals surface area contributed by atoms with Crippen molar-refractivity contribution in [3.63, 3.8) is 0 Å². The zero-order valence-corrected chi connectivity index (χ0v) is 18.5. The predicted octanol–water partition coefficient (Wildman–Crippen LogP) is 5.82. The van der Waals surface area contributed by atoms with Gasteiger partial charge in [0.2, 0.25) is 0 Å². The van der Waals surface area contributed by atoms with Crippen molar-refractivity contribution in [1.82, 2.24) is 19.9 Å². The third kappa shape index (κ3) is 4.96. The number of nitrogens with one attached hydrogen (secondary N) is 2. The van der Waals surface area contributed by atoms with E-state index < -0.39 is 0 Å². The molecule has 2 N–H and O–H groups in total. The molecule has 0 atom stereocenters. The molecule has 1 aromatic carbocycles. The summed E-state index contributed by atoms with van der Waals surface area (Å²) in [5.41, 5.74) is 9.14. The van der Waals surface area contributed by atoms with Gasteiger partial charge in [-0.05, 0) is 72.8 Å². The normalized spacial score (nSPS) is 11.8. The van der Waals surface area contributed by atoms with E-state index in [1.807, 2.05) is 72.8 Å². The number of aromatic amines is 2. The van der Waals surface area contributed by atoms with E-state index in [9.17, 15) is 0 Å². The molecule has 4 nitrogen and oxygen atoms in total. The van der Waals surface area contributed by atoms with Gasteiger partial charge >= 0.3 is 57.0 Å². The molecule has 0 saturated carbocycles. The fourth-order valence-electron chi connectivity index (χ4n) is 3.47. The summed E-state index contributed by atoms with van der Waals surface area (Å²) in [4.78, 5) is 16.0. The van der Waals surface area contributed by atoms with Crippen LogP contribution < -0.4 is 4.50 Å². The van der Waals surface area contributed by atoms with E-state index in [0.717, 1.165) is 49.3 Å². The summed E-state index contributed by atoms with van der Waals surface area (Å²) in [6, 6.07) is 24.4. The standard InChI is InChI=1S/C20H14N4.C7H7.Co/c1-2-14-10-16-5-6-18(23-16)12-20-8-7-19(24-20)11-17-4-3-15(22-17)9-13(1)21-14;1-7-5-3-2-4-6-7;/h1-12,21,24H;3-6H,1H3;. The Bertz CT molecular complexity index is 1290. The molecule has 0 aliphatic carbocycles. The Morgan fingerprint density at radius 2 is 0.875 bits per heavy atom. The summed E-state index contributed by atoms with van der Waals surface area (Å²) in [7, 11) is 0. The molecule has 4 aromatic rings. The summed E-state index contributed by atoms with van der Waals surface area (Å²) in [6.07, 6.45) is 8.09. The fourth-order valence-corrected chi connectivity index (χ4v) is 3.64. The number of nitrogens with zero attached hydrogens (tertiary/aromatic N) is 2. The first-order valence-corrected chi connectivity index (χ1v) is 10.9. The van der Waals surface area contributed by atoms with Crippen LogP contribution in [0.25, 0.3) is 46.4 Å². The Morgan fingerprint density at radius 1 is 0.531 bits per heavy atom. The number of rotatable bonds is 0. The first kappa shape index (κ1) is 20.2. The zero-order chi connectivity index (χ0) is 21.9. The second-order valence-corrected chi connectivity index (χ2v) is 8.28. The first-order valence-electron chi connectivity index (χ1n) is 10.3. The van der Waals surface area contributed by atoms with E-state index in [-0.39, 0.29) is 0 Å². The van der Waals surface area contributed by atoms with Gasteiger partial charge in [-0.2, -0.15) is 0 Å². The molecule has 2 aliphatic rings. The van der Waals surface area contributed by atoms with E-state index >= 15 is 0 Å². The van der Waals surface area contributed by atoms with Gasteiger partial charge < -0.3 is 9.97 Å². The second-order valence-electron chi connectivity index (χ2n) is 7.67. The molecule has 5 heteroatoms. The van der Waals surface area contributed by atoms with Crippen LogP contribution in [0, 0.1) is 6.92 Å². The van der Waals surface area contributed by atoms with Gasteiger partial charge in [-0.25, -0.2) is 9.97 Å². The number of aryl methyl sites for hydroxylation is 1. The Balaban J connectivity index is 0.000000230. The number of hydrogen-bond donors (Lipinski definition) is 2. The van der Waals surface area contributed by atoms with Gasteiger partial charge in [0.05, 0.1) is 22.8 Å². The molecule has 0 amide bonds. The van der Waals surface area contributed by atoms with Crippen LogP contribution in [-0.2, 0) is 15.7 Å². The maximum atomic E-state index is 4.63. The van der Waals surface area contributed by atoms with E-state index in [1.54, 1.807) is 0 Å². The molecule has 0 saturated heterocycles. The Labute approximate surface area is 194 Å². The van der Waals surface area contributed by atoms with Gasteiger partial charge in [0.1, 0.15) is 0 Å². The number of hydrogen-bond acceptors (Lipinski definition) is 2. The summed E-state index contributed by atoms with van der Waals surface area (Å²) >= 11 is 4.18. The van der Waals surface area contributed by atoms with Crippen molar-refractivity contribution < 1.29 is 15.7 Å². The molecular weight excluding hydrogens is 439 g/mol. The van der Waals surface area contributed by atoms with Gasteiger partial charge in [0, 0.05) is 22.1 Å². The van der Waals surface area contributed by atoms with Crippen LogP contribution in [0.4, 0.5) is 0 Å². The molecule has 3 aromatic heterocycles. The summed E-state index contributed by atoms with van der Waals surface area (Å²) < 4.78 is 1.02. The summed E-state index contributed by atoms with van der Waals surface area (Å²) in [5, 5.41) is 0. The molecule has 2 aliphatic heterocycles. The van der Waals surface area contributed by atoms with Crippen LogP contribution in [0.2, 0.25) is 0 Å². The minimum atomic E-state index is 0.939. The fraction of sp³-hybridized carbons (Fsp3) is 0.0370. The Kier molecular flexibility index (Phi) is 5.58. The SMILES string of the molecule is C1=Cc2cc3ccc(cc4nc(cc5ccc(cc1n2)[nH]5)C=C4)[nH]3.Cc1cc[c]([Co])cc1. The third-order valence-corrected chi connectivity index (χ3v) is 5.38. The van der Waals surface area contributed by atoms with E-state index in [2.05, 4.69) is 66.9 Å². The summed E-state index contributed by atoms with van der Waals surface area (Å²) in [5.74, 6) is 0. The van der Waals surface area contributed by atoms with E-state index in [0.29, 0.717) is 0 Å². The van der Waals surface area contributed by atoms with Crippen molar-refractivity contribution in [3.8, 4) is 0 Å². The third-order valence-electron chi connectivity index (χ3n) is 5.04. The molecular formula is C27H21CoN4. The van der Waals surface area contributed by atoms with Crippen LogP contribution in [0.15, 0.2) is 72.8 Å². The Morgan fingerprint density at radius 3 is 1.19 bits per heavy atom. The quantitative estimate of drug-likeness (QED) is 0.300. The van der Waals surface area contributed by atoms with Gasteiger partial charge in [-0.3, -0.25) is 0 Å². The van der Waals surface area contributed by atoms with Crippen LogP contribution >= 0.6 is 0 Å². The summed E-state index contributed by atoms with van der Waals surface area (Å²) in [6.45, 7) is 2.06. The monoisotopic (exact) mass is 460 g/mol. The molecule has 0 radical (unpaired) electrons. The van der Waals surface area contributed by atoms with Crippen LogP contribution in [-0.4, -0.2) is 19.9 Å². The number of fused-ring (bicyclic) bond motifs is 8. The van der Waals surface area contributed by atoms with Crippen molar-refractivity contribution >= 4 is 50.9 Å². The Hall–Kier alpha value is -3.67. The second kappa shape index (κ2) is 8.82.